The highest BCUT2D eigenvalue weighted by atomic mass is 16.5. The molecule has 4 aromatic carbocycles. The minimum Gasteiger partial charge on any atom is -0.421 e. The van der Waals surface area contributed by atoms with Crippen LogP contribution in [0.2, 0.25) is 0 Å². The van der Waals surface area contributed by atoms with Crippen molar-refractivity contribution >= 4 is 17.9 Å². The number of benzene rings is 4. The summed E-state index contributed by atoms with van der Waals surface area (Å²) < 4.78 is 17.0. The number of ether oxygens (including phenoxy) is 3. The quantitative estimate of drug-likeness (QED) is 0.133. The van der Waals surface area contributed by atoms with Crippen molar-refractivity contribution in [3.63, 3.8) is 0 Å². The Bertz CT molecular complexity index is 2290. The molecule has 0 aliphatic rings. The number of carbonyl (C=O) groups is 3. The highest BCUT2D eigenvalue weighted by molar-refractivity contribution is 6.02. The molecule has 0 saturated carbocycles. The van der Waals surface area contributed by atoms with E-state index in [0.29, 0.717) is 17.1 Å². The first kappa shape index (κ1) is 38.0. The van der Waals surface area contributed by atoms with Gasteiger partial charge >= 0.3 is 17.9 Å². The summed E-state index contributed by atoms with van der Waals surface area (Å²) in [5, 5.41) is 0. The van der Waals surface area contributed by atoms with Gasteiger partial charge in [0.25, 0.3) is 0 Å². The first-order chi connectivity index (χ1) is 27.3. The van der Waals surface area contributed by atoms with E-state index in [1.165, 1.54) is 36.8 Å². The molecule has 0 aliphatic heterocycles. The predicted molar refractivity (Wildman–Crippen MR) is 219 cm³/mol. The summed E-state index contributed by atoms with van der Waals surface area (Å²) in [5.74, 6) is -1.93. The van der Waals surface area contributed by atoms with Gasteiger partial charge in [0.05, 0.1) is 52.4 Å². The Morgan fingerprint density at radius 3 is 0.807 bits per heavy atom. The summed E-state index contributed by atoms with van der Waals surface area (Å²) in [6.45, 7) is 12.1. The van der Waals surface area contributed by atoms with Gasteiger partial charge in [0.1, 0.15) is 17.2 Å². The Kier molecular flexibility index (Phi) is 10.8. The molecule has 3 heterocycles. The molecule has 0 radical (unpaired) electrons. The lowest BCUT2D eigenvalue weighted by Crippen LogP contribution is -2.17. The van der Waals surface area contributed by atoms with Crippen LogP contribution >= 0.6 is 0 Å². The van der Waals surface area contributed by atoms with Crippen molar-refractivity contribution < 1.29 is 28.6 Å². The van der Waals surface area contributed by atoms with E-state index in [4.69, 9.17) is 14.2 Å². The molecular formula is C48H39N3O6. The van der Waals surface area contributed by atoms with Crippen LogP contribution in [0.15, 0.2) is 128 Å². The fourth-order valence-corrected chi connectivity index (χ4v) is 6.68. The predicted octanol–water partition coefficient (Wildman–Crippen LogP) is 10.4. The molecule has 0 aliphatic carbocycles. The van der Waals surface area contributed by atoms with E-state index < -0.39 is 17.9 Å². The maximum atomic E-state index is 13.6. The zero-order valence-corrected chi connectivity index (χ0v) is 32.4. The Balaban J connectivity index is 1.14. The molecule has 9 heteroatoms. The third-order valence-electron chi connectivity index (χ3n) is 9.03. The molecule has 9 nitrogen and oxygen atoms in total. The third kappa shape index (κ3) is 9.35. The van der Waals surface area contributed by atoms with Crippen molar-refractivity contribution in [3.05, 3.63) is 178 Å². The lowest BCUT2D eigenvalue weighted by Gasteiger charge is -2.11. The molecule has 0 bridgehead atoms. The molecule has 7 rings (SSSR count). The van der Waals surface area contributed by atoms with Gasteiger partial charge in [-0.15, -0.1) is 0 Å². The highest BCUT2D eigenvalue weighted by Gasteiger charge is 2.21. The van der Waals surface area contributed by atoms with E-state index in [1.54, 1.807) is 36.4 Å². The lowest BCUT2D eigenvalue weighted by atomic mass is 10.0. The number of hydrogen-bond donors (Lipinski definition) is 0. The highest BCUT2D eigenvalue weighted by Crippen LogP contribution is 2.27. The lowest BCUT2D eigenvalue weighted by molar-refractivity contribution is 0.0734. The molecule has 0 amide bonds. The van der Waals surface area contributed by atoms with Gasteiger partial charge in [0.2, 0.25) is 0 Å². The number of carbonyl (C=O) groups excluding carboxylic acids is 3. The fourth-order valence-electron chi connectivity index (χ4n) is 6.68. The van der Waals surface area contributed by atoms with Crippen LogP contribution in [0.4, 0.5) is 0 Å². The van der Waals surface area contributed by atoms with Gasteiger partial charge in [0.15, 0.2) is 0 Å². The summed E-state index contributed by atoms with van der Waals surface area (Å²) in [5.41, 5.74) is 11.3. The number of esters is 3. The van der Waals surface area contributed by atoms with E-state index in [1.807, 2.05) is 77.9 Å². The van der Waals surface area contributed by atoms with Gasteiger partial charge < -0.3 is 14.2 Å². The van der Waals surface area contributed by atoms with Gasteiger partial charge in [-0.3, -0.25) is 15.0 Å². The van der Waals surface area contributed by atoms with Gasteiger partial charge in [0, 0.05) is 16.7 Å². The second-order valence-corrected chi connectivity index (χ2v) is 14.2. The van der Waals surface area contributed by atoms with Gasteiger partial charge in [-0.2, -0.15) is 0 Å². The van der Waals surface area contributed by atoms with Crippen LogP contribution in [0.5, 0.6) is 17.2 Å². The van der Waals surface area contributed by atoms with Crippen LogP contribution in [-0.4, -0.2) is 32.9 Å². The third-order valence-corrected chi connectivity index (χ3v) is 9.03. The van der Waals surface area contributed by atoms with Crippen LogP contribution in [0.1, 0.15) is 64.5 Å². The van der Waals surface area contributed by atoms with E-state index in [9.17, 15) is 14.4 Å². The number of aromatic nitrogens is 3. The number of aryl methyl sites for hydroxylation is 6. The van der Waals surface area contributed by atoms with Gasteiger partial charge in [-0.1, -0.05) is 51.6 Å². The summed E-state index contributed by atoms with van der Waals surface area (Å²) in [6, 6.07) is 32.5. The summed E-state index contributed by atoms with van der Waals surface area (Å²) in [7, 11) is 0. The first-order valence-electron chi connectivity index (χ1n) is 18.3. The maximum absolute atomic E-state index is 13.6. The minimum atomic E-state index is -0.821. The van der Waals surface area contributed by atoms with Crippen LogP contribution in [-0.2, 0) is 0 Å². The van der Waals surface area contributed by atoms with Crippen molar-refractivity contribution in [1.82, 2.24) is 15.0 Å². The van der Waals surface area contributed by atoms with Gasteiger partial charge in [-0.05, 0) is 133 Å². The Labute approximate surface area is 331 Å². The fraction of sp³-hybridized carbons (Fsp3) is 0.125. The zero-order valence-electron chi connectivity index (χ0n) is 32.4. The molecule has 0 spiro atoms. The van der Waals surface area contributed by atoms with E-state index in [0.717, 1.165) is 50.1 Å². The molecule has 57 heavy (non-hydrogen) atoms. The van der Waals surface area contributed by atoms with Gasteiger partial charge in [-0.25, -0.2) is 14.4 Å². The van der Waals surface area contributed by atoms with Crippen molar-refractivity contribution in [2.45, 2.75) is 41.5 Å². The number of rotatable bonds is 9. The minimum absolute atomic E-state index is 0.0821. The zero-order chi connectivity index (χ0) is 40.2. The molecule has 0 atom stereocenters. The average Bonchev–Trinajstić information content (AvgIpc) is 3.17. The first-order valence-corrected chi connectivity index (χ1v) is 18.3. The Morgan fingerprint density at radius 1 is 0.351 bits per heavy atom. The summed E-state index contributed by atoms with van der Waals surface area (Å²) in [4.78, 5) is 54.3. The van der Waals surface area contributed by atoms with Crippen molar-refractivity contribution in [1.29, 1.82) is 0 Å². The van der Waals surface area contributed by atoms with E-state index >= 15 is 0 Å². The standard InChI is InChI=1S/C48H39N3O6/c1-28-13-29(2)17-34(16-28)43-10-7-40(25-49-43)55-46(52)37-22-38(47(53)56-41-8-11-44(50-26-41)35-18-30(3)14-31(4)19-35)24-39(23-37)48(54)57-42-9-12-45(51-27-42)36-20-32(5)15-33(6)21-36/h7-27H,1-6H3. The smallest absolute Gasteiger partial charge is 0.343 e. The second-order valence-electron chi connectivity index (χ2n) is 14.2. The Hall–Kier alpha value is -7.26. The van der Waals surface area contributed by atoms with Crippen molar-refractivity contribution in [3.8, 4) is 51.0 Å². The average molecular weight is 754 g/mol. The Morgan fingerprint density at radius 2 is 0.596 bits per heavy atom. The molecule has 3 aromatic heterocycles. The molecule has 0 unspecified atom stereocenters. The number of nitrogens with zero attached hydrogens (tertiary/aromatic N) is 3. The van der Waals surface area contributed by atoms with Crippen LogP contribution in [0, 0.1) is 41.5 Å². The SMILES string of the molecule is Cc1cc(C)cc(-c2ccc(OC(=O)c3cc(C(=O)Oc4ccc(-c5cc(C)cc(C)c5)nc4)cc(C(=O)Oc4ccc(-c5cc(C)cc(C)c5)nc4)c3)cn2)c1. The van der Waals surface area contributed by atoms with Crippen molar-refractivity contribution in [2.24, 2.45) is 0 Å². The molecule has 0 N–H and O–H groups in total. The second kappa shape index (κ2) is 16.2. The van der Waals surface area contributed by atoms with E-state index in [-0.39, 0.29) is 33.9 Å². The molecule has 7 aromatic rings. The number of pyridine rings is 3. The molecule has 282 valence electrons. The summed E-state index contributed by atoms with van der Waals surface area (Å²) in [6.07, 6.45) is 4.34. The number of hydrogen-bond acceptors (Lipinski definition) is 9. The van der Waals surface area contributed by atoms with Crippen molar-refractivity contribution in [2.75, 3.05) is 0 Å². The largest absolute Gasteiger partial charge is 0.421 e. The monoisotopic (exact) mass is 753 g/mol. The normalized spacial score (nSPS) is 10.8. The summed E-state index contributed by atoms with van der Waals surface area (Å²) >= 11 is 0. The molecular weight excluding hydrogens is 715 g/mol. The molecule has 0 saturated heterocycles. The topological polar surface area (TPSA) is 118 Å². The maximum Gasteiger partial charge on any atom is 0.343 e. The molecule has 0 fully saturated rings. The van der Waals surface area contributed by atoms with E-state index in [2.05, 4.69) is 33.2 Å². The van der Waals surface area contributed by atoms with Crippen LogP contribution in [0.25, 0.3) is 33.8 Å². The van der Waals surface area contributed by atoms with Crippen LogP contribution < -0.4 is 14.2 Å². The van der Waals surface area contributed by atoms with Crippen LogP contribution in [0.3, 0.4) is 0 Å².